The van der Waals surface area contributed by atoms with E-state index in [2.05, 4.69) is 4.98 Å². The van der Waals surface area contributed by atoms with Crippen molar-refractivity contribution in [2.75, 3.05) is 6.61 Å². The average Bonchev–Trinajstić information content (AvgIpc) is 2.79. The molecule has 0 aromatic carbocycles. The van der Waals surface area contributed by atoms with E-state index in [1.165, 1.54) is 18.7 Å². The number of fused-ring (bicyclic) bond motifs is 1. The maximum atomic E-state index is 11.8. The van der Waals surface area contributed by atoms with Crippen LogP contribution in [0.3, 0.4) is 0 Å². The molecule has 0 aliphatic rings. The summed E-state index contributed by atoms with van der Waals surface area (Å²) in [5.74, 6) is -0.590. The minimum Gasteiger partial charge on any atom is -0.461 e. The van der Waals surface area contributed by atoms with Crippen LogP contribution in [-0.4, -0.2) is 26.7 Å². The molecule has 0 amide bonds. The fourth-order valence-corrected chi connectivity index (χ4v) is 2.42. The Morgan fingerprint density at radius 2 is 2.00 bits per heavy atom. The smallest absolute Gasteiger partial charge is 0.367 e. The summed E-state index contributed by atoms with van der Waals surface area (Å²) in [5.41, 5.74) is -0.862. The van der Waals surface area contributed by atoms with E-state index < -0.39 is 17.2 Å². The summed E-state index contributed by atoms with van der Waals surface area (Å²) < 4.78 is 7.05. The molecule has 2 aromatic rings. The molecule has 0 N–H and O–H groups in total. The predicted molar refractivity (Wildman–Crippen MR) is 66.1 cm³/mol. The van der Waals surface area contributed by atoms with Crippen LogP contribution in [0.15, 0.2) is 9.59 Å². The minimum atomic E-state index is -0.590. The maximum Gasteiger partial charge on any atom is 0.367 e. The first-order chi connectivity index (χ1) is 8.47. The molecule has 2 rings (SSSR count). The molecule has 0 atom stereocenters. The quantitative estimate of drug-likeness (QED) is 0.709. The van der Waals surface area contributed by atoms with Gasteiger partial charge in [0.15, 0.2) is 5.52 Å². The van der Waals surface area contributed by atoms with Gasteiger partial charge in [-0.1, -0.05) is 11.3 Å². The monoisotopic (exact) mass is 269 g/mol. The normalized spacial score (nSPS) is 10.8. The van der Waals surface area contributed by atoms with Gasteiger partial charge < -0.3 is 4.74 Å². The highest BCUT2D eigenvalue weighted by Crippen LogP contribution is 2.18. The molecule has 2 heterocycles. The highest BCUT2D eigenvalue weighted by atomic mass is 32.1. The van der Waals surface area contributed by atoms with Crippen LogP contribution < -0.4 is 11.2 Å². The van der Waals surface area contributed by atoms with Crippen molar-refractivity contribution in [2.45, 2.75) is 6.92 Å². The first-order valence-corrected chi connectivity index (χ1v) is 6.02. The highest BCUT2D eigenvalue weighted by Gasteiger charge is 2.18. The Hall–Kier alpha value is -1.96. The lowest BCUT2D eigenvalue weighted by Gasteiger charge is -2.00. The Labute approximate surface area is 105 Å². The summed E-state index contributed by atoms with van der Waals surface area (Å²) in [5, 5.41) is 0.0742. The predicted octanol–water partition coefficient (Wildman–Crippen LogP) is -0.130. The standard InChI is InChI=1S/C10H11N3O4S/c1-4-17-9(15)6-11-5-7(14)12(2)10(16)13(3)8(5)18-6/h4H2,1-3H3. The van der Waals surface area contributed by atoms with Crippen LogP contribution >= 0.6 is 11.3 Å². The molecule has 0 saturated carbocycles. The highest BCUT2D eigenvalue weighted by molar-refractivity contribution is 7.19. The van der Waals surface area contributed by atoms with Gasteiger partial charge in [0, 0.05) is 14.1 Å². The van der Waals surface area contributed by atoms with Crippen molar-refractivity contribution in [3.63, 3.8) is 0 Å². The van der Waals surface area contributed by atoms with Crippen molar-refractivity contribution in [2.24, 2.45) is 14.1 Å². The molecule has 18 heavy (non-hydrogen) atoms. The van der Waals surface area contributed by atoms with Crippen molar-refractivity contribution in [1.82, 2.24) is 14.1 Å². The van der Waals surface area contributed by atoms with Gasteiger partial charge in [0.2, 0.25) is 5.01 Å². The minimum absolute atomic E-state index is 0.0742. The topological polar surface area (TPSA) is 83.2 Å². The third kappa shape index (κ3) is 1.74. The number of rotatable bonds is 2. The number of esters is 1. The van der Waals surface area contributed by atoms with E-state index in [1.54, 1.807) is 6.92 Å². The van der Waals surface area contributed by atoms with Crippen LogP contribution in [-0.2, 0) is 18.8 Å². The van der Waals surface area contributed by atoms with Crippen LogP contribution in [0.2, 0.25) is 0 Å². The van der Waals surface area contributed by atoms with Crippen LogP contribution in [0.25, 0.3) is 10.3 Å². The van der Waals surface area contributed by atoms with E-state index in [4.69, 9.17) is 4.74 Å². The van der Waals surface area contributed by atoms with Gasteiger partial charge in [0.25, 0.3) is 5.56 Å². The molecule has 0 spiro atoms. The van der Waals surface area contributed by atoms with Gasteiger partial charge in [-0.05, 0) is 6.92 Å². The average molecular weight is 269 g/mol. The summed E-state index contributed by atoms with van der Waals surface area (Å²) in [7, 11) is 2.89. The van der Waals surface area contributed by atoms with Crippen LogP contribution in [0.4, 0.5) is 0 Å². The zero-order chi connectivity index (χ0) is 13.4. The number of carbonyl (C=O) groups is 1. The maximum absolute atomic E-state index is 11.8. The second-order valence-corrected chi connectivity index (χ2v) is 4.58. The molecule has 2 aromatic heterocycles. The SMILES string of the molecule is CCOC(=O)c1nc2c(=O)n(C)c(=O)n(C)c2s1. The van der Waals surface area contributed by atoms with E-state index in [0.717, 1.165) is 15.9 Å². The van der Waals surface area contributed by atoms with Crippen molar-refractivity contribution in [1.29, 1.82) is 0 Å². The number of aromatic nitrogens is 3. The molecule has 0 aliphatic carbocycles. The van der Waals surface area contributed by atoms with Gasteiger partial charge in [0.05, 0.1) is 6.61 Å². The first-order valence-electron chi connectivity index (χ1n) is 5.21. The Kier molecular flexibility index (Phi) is 3.04. The molecule has 0 fully saturated rings. The van der Waals surface area contributed by atoms with Gasteiger partial charge in [0.1, 0.15) is 4.83 Å². The Morgan fingerprint density at radius 1 is 1.33 bits per heavy atom. The fraction of sp³-hybridized carbons (Fsp3) is 0.400. The molecular weight excluding hydrogens is 258 g/mol. The molecule has 0 saturated heterocycles. The summed E-state index contributed by atoms with van der Waals surface area (Å²) in [6, 6.07) is 0. The van der Waals surface area contributed by atoms with Crippen molar-refractivity contribution in [3.8, 4) is 0 Å². The molecule has 0 unspecified atom stereocenters. The largest absolute Gasteiger partial charge is 0.461 e. The van der Waals surface area contributed by atoms with E-state index in [0.29, 0.717) is 4.83 Å². The number of nitrogens with zero attached hydrogens (tertiary/aromatic N) is 3. The zero-order valence-electron chi connectivity index (χ0n) is 10.1. The van der Waals surface area contributed by atoms with Gasteiger partial charge in [-0.15, -0.1) is 0 Å². The molecule has 7 nitrogen and oxygen atoms in total. The number of ether oxygens (including phenoxy) is 1. The van der Waals surface area contributed by atoms with Crippen LogP contribution in [0.5, 0.6) is 0 Å². The van der Waals surface area contributed by atoms with E-state index >= 15 is 0 Å². The lowest BCUT2D eigenvalue weighted by Crippen LogP contribution is -2.36. The van der Waals surface area contributed by atoms with Crippen molar-refractivity contribution in [3.05, 3.63) is 25.8 Å². The lowest BCUT2D eigenvalue weighted by molar-refractivity contribution is 0.0526. The lowest BCUT2D eigenvalue weighted by atomic mass is 10.5. The number of hydrogen-bond acceptors (Lipinski definition) is 6. The van der Waals surface area contributed by atoms with Crippen molar-refractivity contribution >= 4 is 27.7 Å². The molecule has 96 valence electrons. The summed E-state index contributed by atoms with van der Waals surface area (Å²) >= 11 is 0.973. The summed E-state index contributed by atoms with van der Waals surface area (Å²) in [6.07, 6.45) is 0. The Bertz CT molecular complexity index is 740. The molecule has 0 radical (unpaired) electrons. The summed E-state index contributed by atoms with van der Waals surface area (Å²) in [4.78, 5) is 39.4. The van der Waals surface area contributed by atoms with Gasteiger partial charge >= 0.3 is 11.7 Å². The number of aryl methyl sites for hydroxylation is 1. The van der Waals surface area contributed by atoms with E-state index in [-0.39, 0.29) is 17.1 Å². The molecule has 8 heteroatoms. The third-order valence-corrected chi connectivity index (χ3v) is 3.56. The zero-order valence-corrected chi connectivity index (χ0v) is 10.9. The second-order valence-electron chi connectivity index (χ2n) is 3.60. The van der Waals surface area contributed by atoms with E-state index in [9.17, 15) is 14.4 Å². The van der Waals surface area contributed by atoms with Crippen LogP contribution in [0, 0.1) is 0 Å². The molecule has 0 bridgehead atoms. The molecule has 0 aliphatic heterocycles. The fourth-order valence-electron chi connectivity index (χ4n) is 1.52. The van der Waals surface area contributed by atoms with Gasteiger partial charge in [-0.2, -0.15) is 0 Å². The first kappa shape index (κ1) is 12.5. The Balaban J connectivity index is 2.77. The molecular formula is C10H11N3O4S. The van der Waals surface area contributed by atoms with Gasteiger partial charge in [-0.25, -0.2) is 14.6 Å². The number of hydrogen-bond donors (Lipinski definition) is 0. The van der Waals surface area contributed by atoms with Gasteiger partial charge in [-0.3, -0.25) is 13.9 Å². The third-order valence-electron chi connectivity index (χ3n) is 2.45. The van der Waals surface area contributed by atoms with E-state index in [1.807, 2.05) is 0 Å². The number of carbonyl (C=O) groups excluding carboxylic acids is 1. The second kappa shape index (κ2) is 4.37. The summed E-state index contributed by atoms with van der Waals surface area (Å²) in [6.45, 7) is 1.91. The van der Waals surface area contributed by atoms with Crippen molar-refractivity contribution < 1.29 is 9.53 Å². The Morgan fingerprint density at radius 3 is 2.61 bits per heavy atom. The number of thiazole rings is 1. The van der Waals surface area contributed by atoms with Crippen LogP contribution in [0.1, 0.15) is 16.7 Å².